The van der Waals surface area contributed by atoms with Crippen molar-refractivity contribution in [1.82, 2.24) is 25.3 Å². The third kappa shape index (κ3) is 3.69. The van der Waals surface area contributed by atoms with Crippen molar-refractivity contribution in [3.05, 3.63) is 60.4 Å². The molecule has 0 radical (unpaired) electrons. The fourth-order valence-electron chi connectivity index (χ4n) is 4.11. The molecule has 8 nitrogen and oxygen atoms in total. The van der Waals surface area contributed by atoms with Gasteiger partial charge in [-0.3, -0.25) is 4.98 Å². The molecule has 5 rings (SSSR count). The van der Waals surface area contributed by atoms with E-state index in [-0.39, 0.29) is 24.3 Å². The van der Waals surface area contributed by atoms with E-state index in [4.69, 9.17) is 9.47 Å². The third-order valence-electron chi connectivity index (χ3n) is 5.83. The van der Waals surface area contributed by atoms with Crippen LogP contribution in [0, 0.1) is 0 Å². The van der Waals surface area contributed by atoms with Gasteiger partial charge in [-0.25, -0.2) is 4.68 Å². The summed E-state index contributed by atoms with van der Waals surface area (Å²) in [5.41, 5.74) is 4.01. The molecule has 2 fully saturated rings. The SMILES string of the molecule is CN(C)c1ccc(CN[C@@H]2CO[C@@H]3[C@@H]2OC[C@@H]3n2cc(-c3ccccn3)nn2)cc1. The Balaban J connectivity index is 1.21. The largest absolute Gasteiger partial charge is 0.378 e. The van der Waals surface area contributed by atoms with Crippen LogP contribution in [0.5, 0.6) is 0 Å². The maximum atomic E-state index is 6.11. The van der Waals surface area contributed by atoms with E-state index in [2.05, 4.69) is 49.8 Å². The van der Waals surface area contributed by atoms with Crippen LogP contribution in [0.4, 0.5) is 5.69 Å². The molecule has 0 unspecified atom stereocenters. The summed E-state index contributed by atoms with van der Waals surface area (Å²) in [6.45, 7) is 1.98. The first kappa shape index (κ1) is 19.2. The highest BCUT2D eigenvalue weighted by Gasteiger charge is 2.48. The lowest BCUT2D eigenvalue weighted by atomic mass is 10.1. The van der Waals surface area contributed by atoms with Crippen LogP contribution in [0.3, 0.4) is 0 Å². The van der Waals surface area contributed by atoms with Crippen LogP contribution >= 0.6 is 0 Å². The molecule has 0 spiro atoms. The average molecular weight is 406 g/mol. The van der Waals surface area contributed by atoms with E-state index in [1.807, 2.05) is 43.2 Å². The van der Waals surface area contributed by atoms with Crippen molar-refractivity contribution in [2.24, 2.45) is 0 Å². The van der Waals surface area contributed by atoms with Crippen LogP contribution in [-0.2, 0) is 16.0 Å². The van der Waals surface area contributed by atoms with Crippen LogP contribution < -0.4 is 10.2 Å². The molecule has 8 heteroatoms. The van der Waals surface area contributed by atoms with Gasteiger partial charge in [-0.1, -0.05) is 23.4 Å². The summed E-state index contributed by atoms with van der Waals surface area (Å²) >= 11 is 0. The first-order valence-corrected chi connectivity index (χ1v) is 10.2. The zero-order valence-electron chi connectivity index (χ0n) is 17.2. The Labute approximate surface area is 175 Å². The van der Waals surface area contributed by atoms with Crippen molar-refractivity contribution in [3.63, 3.8) is 0 Å². The van der Waals surface area contributed by atoms with Crippen LogP contribution in [-0.4, -0.2) is 65.5 Å². The van der Waals surface area contributed by atoms with Crippen LogP contribution in [0.2, 0.25) is 0 Å². The standard InChI is InChI=1S/C22H26N6O2/c1-27(2)16-8-6-15(7-9-16)11-24-19-13-29-22-20(14-30-21(19)22)28-12-18(25-26-28)17-5-3-4-10-23-17/h3-10,12,19-22,24H,11,13-14H2,1-2H3/t19-,20+,21-,22+/m1/s1. The summed E-state index contributed by atoms with van der Waals surface area (Å²) < 4.78 is 14.1. The van der Waals surface area contributed by atoms with Gasteiger partial charge in [-0.05, 0) is 29.8 Å². The number of rotatable bonds is 6. The van der Waals surface area contributed by atoms with E-state index in [1.165, 1.54) is 11.3 Å². The van der Waals surface area contributed by atoms with Crippen molar-refractivity contribution in [1.29, 1.82) is 0 Å². The van der Waals surface area contributed by atoms with Crippen molar-refractivity contribution < 1.29 is 9.47 Å². The Morgan fingerprint density at radius 3 is 2.63 bits per heavy atom. The molecule has 3 aromatic rings. The molecule has 1 aromatic carbocycles. The number of nitrogens with one attached hydrogen (secondary N) is 1. The Bertz CT molecular complexity index is 975. The number of benzene rings is 1. The van der Waals surface area contributed by atoms with E-state index in [1.54, 1.807) is 6.20 Å². The molecule has 4 atom stereocenters. The number of nitrogens with zero attached hydrogens (tertiary/aromatic N) is 5. The number of aromatic nitrogens is 4. The molecule has 2 aliphatic heterocycles. The smallest absolute Gasteiger partial charge is 0.131 e. The molecule has 2 aromatic heterocycles. The summed E-state index contributed by atoms with van der Waals surface area (Å²) in [5.74, 6) is 0. The first-order valence-electron chi connectivity index (χ1n) is 10.2. The van der Waals surface area contributed by atoms with Crippen molar-refractivity contribution in [2.45, 2.75) is 30.8 Å². The summed E-state index contributed by atoms with van der Waals surface area (Å²) in [6, 6.07) is 14.5. The normalized spacial score (nSPS) is 25.4. The Hall–Kier alpha value is -2.81. The predicted molar refractivity (Wildman–Crippen MR) is 113 cm³/mol. The summed E-state index contributed by atoms with van der Waals surface area (Å²) in [5, 5.41) is 12.2. The van der Waals surface area contributed by atoms with Gasteiger partial charge in [0.1, 0.15) is 23.9 Å². The van der Waals surface area contributed by atoms with Gasteiger partial charge < -0.3 is 19.7 Å². The minimum atomic E-state index is -0.0306. The number of hydrogen-bond acceptors (Lipinski definition) is 7. The van der Waals surface area contributed by atoms with Crippen LogP contribution in [0.1, 0.15) is 11.6 Å². The molecule has 2 saturated heterocycles. The minimum absolute atomic E-state index is 0.0125. The highest BCUT2D eigenvalue weighted by molar-refractivity contribution is 5.51. The van der Waals surface area contributed by atoms with Gasteiger partial charge in [0.05, 0.1) is 31.1 Å². The average Bonchev–Trinajstić information content (AvgIpc) is 3.50. The lowest BCUT2D eigenvalue weighted by Gasteiger charge is -2.18. The molecule has 0 aliphatic carbocycles. The molecule has 156 valence electrons. The number of pyridine rings is 1. The second-order valence-corrected chi connectivity index (χ2v) is 8.01. The van der Waals surface area contributed by atoms with Gasteiger partial charge in [0.15, 0.2) is 0 Å². The third-order valence-corrected chi connectivity index (χ3v) is 5.83. The van der Waals surface area contributed by atoms with Gasteiger partial charge in [-0.15, -0.1) is 5.10 Å². The fraction of sp³-hybridized carbons (Fsp3) is 0.409. The Kier molecular flexibility index (Phi) is 5.20. The van der Waals surface area contributed by atoms with Gasteiger partial charge in [0.2, 0.25) is 0 Å². The topological polar surface area (TPSA) is 77.3 Å². The number of fused-ring (bicyclic) bond motifs is 1. The van der Waals surface area contributed by atoms with Crippen molar-refractivity contribution in [2.75, 3.05) is 32.2 Å². The molecule has 1 N–H and O–H groups in total. The van der Waals surface area contributed by atoms with E-state index in [0.29, 0.717) is 13.2 Å². The molecule has 0 bridgehead atoms. The Morgan fingerprint density at radius 2 is 1.87 bits per heavy atom. The first-order chi connectivity index (χ1) is 14.7. The van der Waals surface area contributed by atoms with E-state index in [0.717, 1.165) is 17.9 Å². The van der Waals surface area contributed by atoms with Crippen molar-refractivity contribution in [3.8, 4) is 11.4 Å². The number of hydrogen-bond donors (Lipinski definition) is 1. The van der Waals surface area contributed by atoms with E-state index in [9.17, 15) is 0 Å². The zero-order chi connectivity index (χ0) is 20.5. The van der Waals surface area contributed by atoms with Crippen LogP contribution in [0.25, 0.3) is 11.4 Å². The summed E-state index contributed by atoms with van der Waals surface area (Å²) in [6.07, 6.45) is 3.67. The Morgan fingerprint density at radius 1 is 1.03 bits per heavy atom. The molecule has 0 saturated carbocycles. The van der Waals surface area contributed by atoms with E-state index >= 15 is 0 Å². The highest BCUT2D eigenvalue weighted by atomic mass is 16.6. The predicted octanol–water partition coefficient (Wildman–Crippen LogP) is 1.90. The number of ether oxygens (including phenoxy) is 2. The molecule has 0 amide bonds. The van der Waals surface area contributed by atoms with Gasteiger partial charge in [-0.2, -0.15) is 0 Å². The highest BCUT2D eigenvalue weighted by Crippen LogP contribution is 2.34. The fourth-order valence-corrected chi connectivity index (χ4v) is 4.11. The lowest BCUT2D eigenvalue weighted by Crippen LogP contribution is -2.40. The number of anilines is 1. The second-order valence-electron chi connectivity index (χ2n) is 8.01. The molecule has 30 heavy (non-hydrogen) atoms. The summed E-state index contributed by atoms with van der Waals surface area (Å²) in [4.78, 5) is 6.44. The quantitative estimate of drug-likeness (QED) is 0.670. The molecular formula is C22H26N6O2. The van der Waals surface area contributed by atoms with Crippen LogP contribution in [0.15, 0.2) is 54.9 Å². The summed E-state index contributed by atoms with van der Waals surface area (Å²) in [7, 11) is 4.09. The van der Waals surface area contributed by atoms with Gasteiger partial charge in [0.25, 0.3) is 0 Å². The zero-order valence-corrected chi connectivity index (χ0v) is 17.2. The van der Waals surface area contributed by atoms with Gasteiger partial charge in [0, 0.05) is 32.5 Å². The second kappa shape index (κ2) is 8.14. The molecular weight excluding hydrogens is 380 g/mol. The van der Waals surface area contributed by atoms with E-state index < -0.39 is 0 Å². The molecule has 2 aliphatic rings. The minimum Gasteiger partial charge on any atom is -0.378 e. The van der Waals surface area contributed by atoms with Gasteiger partial charge >= 0.3 is 0 Å². The van der Waals surface area contributed by atoms with Crippen molar-refractivity contribution >= 4 is 5.69 Å². The maximum Gasteiger partial charge on any atom is 0.131 e. The molecule has 4 heterocycles. The monoisotopic (exact) mass is 406 g/mol. The maximum absolute atomic E-state index is 6.11. The lowest BCUT2D eigenvalue weighted by molar-refractivity contribution is 0.0620.